The zero-order chi connectivity index (χ0) is 16.5. The van der Waals surface area contributed by atoms with E-state index in [4.69, 9.17) is 15.2 Å². The number of halogens is 1. The molecular weight excluding hydrogens is 328 g/mol. The van der Waals surface area contributed by atoms with E-state index in [0.717, 1.165) is 24.2 Å². The van der Waals surface area contributed by atoms with Crippen molar-refractivity contribution in [1.29, 1.82) is 0 Å². The molecule has 0 aromatic heterocycles. The molecule has 0 bridgehead atoms. The Morgan fingerprint density at radius 1 is 1.29 bits per heavy atom. The lowest BCUT2D eigenvalue weighted by atomic mass is 9.79. The van der Waals surface area contributed by atoms with Gasteiger partial charge in [-0.1, -0.05) is 31.2 Å². The molecule has 6 heteroatoms. The minimum Gasteiger partial charge on any atom is -0.381 e. The van der Waals surface area contributed by atoms with Crippen LogP contribution >= 0.6 is 12.4 Å². The van der Waals surface area contributed by atoms with E-state index in [2.05, 4.69) is 12.2 Å². The Kier molecular flexibility index (Phi) is 9.29. The molecule has 0 unspecified atom stereocenters. The van der Waals surface area contributed by atoms with Crippen LogP contribution in [0.15, 0.2) is 24.3 Å². The van der Waals surface area contributed by atoms with E-state index in [9.17, 15) is 4.79 Å². The molecule has 24 heavy (non-hydrogen) atoms. The van der Waals surface area contributed by atoms with Gasteiger partial charge in [0.1, 0.15) is 0 Å². The number of nitrogens with two attached hydrogens (primary N) is 1. The normalized spacial score (nSPS) is 16.2. The molecule has 0 saturated carbocycles. The fourth-order valence-electron chi connectivity index (χ4n) is 2.85. The molecule has 0 radical (unpaired) electrons. The van der Waals surface area contributed by atoms with Gasteiger partial charge in [0.25, 0.3) is 0 Å². The number of amides is 1. The quantitative estimate of drug-likeness (QED) is 0.701. The second kappa shape index (κ2) is 10.7. The first-order valence-corrected chi connectivity index (χ1v) is 8.42. The molecule has 3 N–H and O–H groups in total. The Balaban J connectivity index is 0.00000288. The Bertz CT molecular complexity index is 505. The third-order valence-electron chi connectivity index (χ3n) is 4.49. The summed E-state index contributed by atoms with van der Waals surface area (Å²) in [5.41, 5.74) is 7.62. The highest BCUT2D eigenvalue weighted by Crippen LogP contribution is 2.29. The van der Waals surface area contributed by atoms with E-state index >= 15 is 0 Å². The molecule has 1 saturated heterocycles. The van der Waals surface area contributed by atoms with Crippen molar-refractivity contribution < 1.29 is 14.3 Å². The summed E-state index contributed by atoms with van der Waals surface area (Å²) in [6.07, 6.45) is 2.38. The van der Waals surface area contributed by atoms with Gasteiger partial charge in [-0.2, -0.15) is 0 Å². The standard InChI is InChI=1S/C18H28N2O3.ClH/c1-2-9-23-13-16-6-4-3-5-15(16)12-20-17(21)18(14-19)7-10-22-11-8-18;/h3-6H,2,7-14,19H2,1H3,(H,20,21);1H. The number of rotatable bonds is 8. The summed E-state index contributed by atoms with van der Waals surface area (Å²) in [7, 11) is 0. The van der Waals surface area contributed by atoms with Crippen molar-refractivity contribution in [2.75, 3.05) is 26.4 Å². The van der Waals surface area contributed by atoms with Crippen LogP contribution in [-0.2, 0) is 27.4 Å². The highest BCUT2D eigenvalue weighted by atomic mass is 35.5. The van der Waals surface area contributed by atoms with Crippen molar-refractivity contribution in [3.8, 4) is 0 Å². The maximum Gasteiger partial charge on any atom is 0.227 e. The molecule has 1 fully saturated rings. The average molecular weight is 357 g/mol. The predicted octanol–water partition coefficient (Wildman–Crippen LogP) is 2.41. The lowest BCUT2D eigenvalue weighted by Crippen LogP contribution is -2.49. The van der Waals surface area contributed by atoms with Gasteiger partial charge in [-0.25, -0.2) is 0 Å². The summed E-state index contributed by atoms with van der Waals surface area (Å²) >= 11 is 0. The van der Waals surface area contributed by atoms with Crippen molar-refractivity contribution >= 4 is 18.3 Å². The number of carbonyl (C=O) groups excluding carboxylic acids is 1. The minimum absolute atomic E-state index is 0. The molecule has 1 heterocycles. The van der Waals surface area contributed by atoms with Crippen LogP contribution in [0, 0.1) is 5.41 Å². The maximum atomic E-state index is 12.6. The van der Waals surface area contributed by atoms with Gasteiger partial charge >= 0.3 is 0 Å². The molecule has 0 spiro atoms. The van der Waals surface area contributed by atoms with Crippen LogP contribution in [0.2, 0.25) is 0 Å². The summed E-state index contributed by atoms with van der Waals surface area (Å²) in [6.45, 7) is 5.49. The zero-order valence-corrected chi connectivity index (χ0v) is 15.2. The van der Waals surface area contributed by atoms with Gasteiger partial charge in [-0.05, 0) is 30.4 Å². The van der Waals surface area contributed by atoms with E-state index in [1.165, 1.54) is 0 Å². The second-order valence-corrected chi connectivity index (χ2v) is 6.10. The number of carbonyl (C=O) groups is 1. The van der Waals surface area contributed by atoms with Crippen molar-refractivity contribution in [1.82, 2.24) is 5.32 Å². The van der Waals surface area contributed by atoms with Gasteiger partial charge in [0, 0.05) is 32.9 Å². The van der Waals surface area contributed by atoms with Crippen LogP contribution in [0.1, 0.15) is 37.3 Å². The number of ether oxygens (including phenoxy) is 2. The molecule has 1 amide bonds. The van der Waals surface area contributed by atoms with Crippen LogP contribution < -0.4 is 11.1 Å². The van der Waals surface area contributed by atoms with Crippen molar-refractivity contribution in [2.24, 2.45) is 11.1 Å². The molecule has 0 atom stereocenters. The highest BCUT2D eigenvalue weighted by Gasteiger charge is 2.38. The predicted molar refractivity (Wildman–Crippen MR) is 97.0 cm³/mol. The number of benzene rings is 1. The first-order valence-electron chi connectivity index (χ1n) is 8.42. The van der Waals surface area contributed by atoms with Crippen LogP contribution in [-0.4, -0.2) is 32.3 Å². The maximum absolute atomic E-state index is 12.6. The van der Waals surface area contributed by atoms with E-state index < -0.39 is 5.41 Å². The summed E-state index contributed by atoms with van der Waals surface area (Å²) in [5, 5.41) is 3.06. The molecule has 1 aromatic rings. The minimum atomic E-state index is -0.480. The molecular formula is C18H29ClN2O3. The topological polar surface area (TPSA) is 73.6 Å². The zero-order valence-electron chi connectivity index (χ0n) is 14.4. The molecule has 1 aliphatic rings. The third-order valence-corrected chi connectivity index (χ3v) is 4.49. The molecule has 5 nitrogen and oxygen atoms in total. The van der Waals surface area contributed by atoms with Gasteiger partial charge in [0.05, 0.1) is 12.0 Å². The smallest absolute Gasteiger partial charge is 0.227 e. The average Bonchev–Trinajstić information content (AvgIpc) is 2.61. The van der Waals surface area contributed by atoms with E-state index in [1.54, 1.807) is 0 Å². The van der Waals surface area contributed by atoms with Gasteiger partial charge in [0.15, 0.2) is 0 Å². The second-order valence-electron chi connectivity index (χ2n) is 6.10. The van der Waals surface area contributed by atoms with Crippen LogP contribution in [0.4, 0.5) is 0 Å². The SMILES string of the molecule is CCCOCc1ccccc1CNC(=O)C1(CN)CCOCC1.Cl. The first-order chi connectivity index (χ1) is 11.2. The Morgan fingerprint density at radius 2 is 1.96 bits per heavy atom. The fraction of sp³-hybridized carbons (Fsp3) is 0.611. The van der Waals surface area contributed by atoms with Crippen LogP contribution in [0.5, 0.6) is 0 Å². The van der Waals surface area contributed by atoms with Crippen molar-refractivity contribution in [3.63, 3.8) is 0 Å². The summed E-state index contributed by atoms with van der Waals surface area (Å²) in [6, 6.07) is 8.06. The van der Waals surface area contributed by atoms with E-state index in [0.29, 0.717) is 45.8 Å². The fourth-order valence-corrected chi connectivity index (χ4v) is 2.85. The number of nitrogens with one attached hydrogen (secondary N) is 1. The Morgan fingerprint density at radius 3 is 2.58 bits per heavy atom. The Labute approximate surface area is 150 Å². The van der Waals surface area contributed by atoms with Crippen molar-refractivity contribution in [3.05, 3.63) is 35.4 Å². The Hall–Kier alpha value is -1.14. The molecule has 0 aliphatic carbocycles. The molecule has 2 rings (SSSR count). The summed E-state index contributed by atoms with van der Waals surface area (Å²) < 4.78 is 11.0. The van der Waals surface area contributed by atoms with E-state index in [-0.39, 0.29) is 18.3 Å². The largest absolute Gasteiger partial charge is 0.381 e. The molecule has 136 valence electrons. The summed E-state index contributed by atoms with van der Waals surface area (Å²) in [5.74, 6) is 0.0348. The first kappa shape index (κ1) is 20.9. The van der Waals surface area contributed by atoms with Gasteiger partial charge in [-0.15, -0.1) is 12.4 Å². The lowest BCUT2D eigenvalue weighted by molar-refractivity contribution is -0.136. The highest BCUT2D eigenvalue weighted by molar-refractivity contribution is 5.85. The molecule has 1 aromatic carbocycles. The lowest BCUT2D eigenvalue weighted by Gasteiger charge is -2.34. The number of hydrogen-bond donors (Lipinski definition) is 2. The van der Waals surface area contributed by atoms with Crippen molar-refractivity contribution in [2.45, 2.75) is 39.3 Å². The van der Waals surface area contributed by atoms with Gasteiger partial charge in [0.2, 0.25) is 5.91 Å². The van der Waals surface area contributed by atoms with Gasteiger partial charge in [-0.3, -0.25) is 4.79 Å². The van der Waals surface area contributed by atoms with Crippen LogP contribution in [0.25, 0.3) is 0 Å². The number of hydrogen-bond acceptors (Lipinski definition) is 4. The monoisotopic (exact) mass is 356 g/mol. The van der Waals surface area contributed by atoms with Crippen LogP contribution in [0.3, 0.4) is 0 Å². The molecule has 1 aliphatic heterocycles. The van der Waals surface area contributed by atoms with E-state index in [1.807, 2.05) is 24.3 Å². The summed E-state index contributed by atoms with van der Waals surface area (Å²) in [4.78, 5) is 12.6. The van der Waals surface area contributed by atoms with Gasteiger partial charge < -0.3 is 20.5 Å². The third kappa shape index (κ3) is 5.45.